The molecule has 0 aromatic heterocycles. The van der Waals surface area contributed by atoms with Crippen LogP contribution in [-0.2, 0) is 0 Å². The summed E-state index contributed by atoms with van der Waals surface area (Å²) in [6.45, 7) is 8.61. The van der Waals surface area contributed by atoms with Crippen LogP contribution < -0.4 is 29.1 Å². The zero-order valence-corrected chi connectivity index (χ0v) is 84.2. The van der Waals surface area contributed by atoms with Crippen molar-refractivity contribution >= 4 is 165 Å². The smallest absolute Gasteiger partial charge is 0.118 e. The zero-order chi connectivity index (χ0) is 101. The Balaban J connectivity index is 0.000000186. The molecule has 0 aliphatic rings. The number of nitrogens with zero attached hydrogens (tertiary/aromatic N) is 4. The van der Waals surface area contributed by atoms with Gasteiger partial charge in [0.25, 0.3) is 0 Å². The van der Waals surface area contributed by atoms with Gasteiger partial charge in [-0.25, -0.2) is 0 Å². The van der Waals surface area contributed by atoms with E-state index >= 15 is 0 Å². The molecule has 0 atom stereocenters. The lowest BCUT2D eigenvalue weighted by Crippen LogP contribution is -2.11. The monoisotopic (exact) mass is 1910 g/mol. The molecule has 0 heterocycles. The Kier molecular flexibility index (Phi) is 31.9. The summed E-state index contributed by atoms with van der Waals surface area (Å²) in [6.07, 6.45) is 34.5. The minimum absolute atomic E-state index is 0.858. The number of methoxy groups -OCH3 is 2. The number of anilines is 12. The average Bonchev–Trinajstić information content (AvgIpc) is 0.795. The highest BCUT2D eigenvalue weighted by molar-refractivity contribution is 5.88. The predicted molar refractivity (Wildman–Crippen MR) is 638 cm³/mol. The van der Waals surface area contributed by atoms with Crippen LogP contribution in [0.4, 0.5) is 68.2 Å². The average molecular weight is 1910 g/mol. The molecule has 0 spiro atoms. The Hall–Kier alpha value is -18.9. The first kappa shape index (κ1) is 97.9. The Morgan fingerprint density at radius 2 is 0.277 bits per heavy atom. The summed E-state index contributed by atoms with van der Waals surface area (Å²) in [5.41, 5.74) is 41.3. The van der Waals surface area contributed by atoms with E-state index in [1.165, 1.54) is 44.5 Å². The molecule has 0 saturated heterocycles. The minimum Gasteiger partial charge on any atom is -0.497 e. The van der Waals surface area contributed by atoms with Gasteiger partial charge in [-0.1, -0.05) is 448 Å². The third-order valence-corrected chi connectivity index (χ3v) is 26.4. The van der Waals surface area contributed by atoms with E-state index < -0.39 is 0 Å². The molecule has 20 aromatic rings. The Morgan fingerprint density at radius 3 is 0.459 bits per heavy atom. The van der Waals surface area contributed by atoms with Crippen molar-refractivity contribution in [1.29, 1.82) is 0 Å². The van der Waals surface area contributed by atoms with Crippen LogP contribution in [0.1, 0.15) is 111 Å². The first-order chi connectivity index (χ1) is 72.8. The molecular formula is C142H116N4O2. The molecule has 20 rings (SSSR count). The summed E-state index contributed by atoms with van der Waals surface area (Å²) in [7, 11) is 3.37. The topological polar surface area (TPSA) is 31.4 Å². The van der Waals surface area contributed by atoms with Crippen LogP contribution in [0.2, 0.25) is 0 Å². The second kappa shape index (κ2) is 48.3. The number of hydrogen-bond acceptors (Lipinski definition) is 6. The maximum atomic E-state index is 5.29. The normalized spacial score (nSPS) is 11.5. The van der Waals surface area contributed by atoms with E-state index in [9.17, 15) is 0 Å². The lowest BCUT2D eigenvalue weighted by Gasteiger charge is -2.28. The summed E-state index contributed by atoms with van der Waals surface area (Å²) in [6, 6.07) is 177. The van der Waals surface area contributed by atoms with Gasteiger partial charge < -0.3 is 29.1 Å². The van der Waals surface area contributed by atoms with E-state index in [4.69, 9.17) is 9.47 Å². The number of para-hydroxylation sites is 2. The van der Waals surface area contributed by atoms with E-state index in [0.29, 0.717) is 0 Å². The van der Waals surface area contributed by atoms with E-state index in [1.54, 1.807) is 14.2 Å². The molecule has 0 aliphatic carbocycles. The molecule has 148 heavy (non-hydrogen) atoms. The lowest BCUT2D eigenvalue weighted by atomic mass is 10.0. The molecule has 0 N–H and O–H groups in total. The quantitative estimate of drug-likeness (QED) is 0.0391. The van der Waals surface area contributed by atoms with Crippen molar-refractivity contribution in [2.45, 2.75) is 27.7 Å². The molecule has 6 heteroatoms. The van der Waals surface area contributed by atoms with E-state index in [2.05, 4.69) is 606 Å². The molecule has 716 valence electrons. The number of hydrogen-bond donors (Lipinski definition) is 0. The van der Waals surface area contributed by atoms with Gasteiger partial charge in [-0.3, -0.25) is 0 Å². The van der Waals surface area contributed by atoms with Gasteiger partial charge in [-0.05, 0) is 308 Å². The van der Waals surface area contributed by atoms with Gasteiger partial charge in [0.05, 0.1) is 14.2 Å². The highest BCUT2D eigenvalue weighted by Gasteiger charge is 2.21. The molecule has 6 nitrogen and oxygen atoms in total. The fourth-order valence-corrected chi connectivity index (χ4v) is 17.9. The Morgan fingerprint density at radius 1 is 0.135 bits per heavy atom. The Labute approximate surface area is 872 Å². The molecule has 0 aliphatic heterocycles. The van der Waals surface area contributed by atoms with Crippen molar-refractivity contribution in [2.24, 2.45) is 0 Å². The van der Waals surface area contributed by atoms with Crippen LogP contribution >= 0.6 is 0 Å². The third-order valence-electron chi connectivity index (χ3n) is 26.4. The second-order valence-corrected chi connectivity index (χ2v) is 36.8. The van der Waals surface area contributed by atoms with Crippen molar-refractivity contribution < 1.29 is 9.47 Å². The predicted octanol–water partition coefficient (Wildman–Crippen LogP) is 39.2. The van der Waals surface area contributed by atoms with E-state index in [0.717, 1.165) is 169 Å². The zero-order valence-electron chi connectivity index (χ0n) is 84.2. The first-order valence-electron chi connectivity index (χ1n) is 50.3. The van der Waals surface area contributed by atoms with Crippen LogP contribution in [-0.4, -0.2) is 14.2 Å². The fraction of sp³-hybridized carbons (Fsp3) is 0.0423. The van der Waals surface area contributed by atoms with E-state index in [1.807, 2.05) is 36.4 Å². The number of aryl methyl sites for hydroxylation is 4. The highest BCUT2D eigenvalue weighted by Crippen LogP contribution is 2.44. The van der Waals surface area contributed by atoms with Crippen LogP contribution in [0.15, 0.2) is 497 Å². The van der Waals surface area contributed by atoms with Crippen molar-refractivity contribution in [2.75, 3.05) is 33.8 Å². The van der Waals surface area contributed by atoms with Crippen LogP contribution in [0, 0.1) is 27.7 Å². The molecule has 0 radical (unpaired) electrons. The standard InChI is InChI=1S/C72H60N2O2.C70H56N2/c1-53-9-5-7-11-71(53)73(65-41-29-59(30-42-65)25-21-55-13-17-57(18-14-55)23-27-61-33-49-69(75-3)50-34-61)67-45-37-63(38-46-67)64-39-47-68(48-40-64)74(72-12-8-6-10-54(72)2)66-43-31-60(32-44-66)26-22-56-15-19-58(20-16-56)24-28-62-35-51-70(76-4)52-36-62;1-53-13-41-65(42-14-53)71(67-45-33-61(34-46-67)31-29-59-25-21-57(22-26-59)19-17-55-9-5-3-6-10-55)69-49-37-63(38-50-69)64-39-51-70(52-40-64)72(66-43-15-54(2)16-44-66)68-47-35-62(36-48-68)32-30-60-27-23-58(24-28-60)20-18-56-11-7-4-8-12-56/h5-52H,1-4H3;3-52H,1-2H3/b25-21+,26-22+,27-23+,28-24+;19-17+,20-18+,31-29+,32-30+. The van der Waals surface area contributed by atoms with Gasteiger partial charge in [0.15, 0.2) is 0 Å². The van der Waals surface area contributed by atoms with Gasteiger partial charge in [0.1, 0.15) is 11.5 Å². The highest BCUT2D eigenvalue weighted by atomic mass is 16.5. The third kappa shape index (κ3) is 26.0. The molecule has 0 unspecified atom stereocenters. The van der Waals surface area contributed by atoms with Gasteiger partial charge in [0.2, 0.25) is 0 Å². The summed E-state index contributed by atoms with van der Waals surface area (Å²) >= 11 is 0. The van der Waals surface area contributed by atoms with Crippen molar-refractivity contribution in [3.8, 4) is 33.8 Å². The minimum atomic E-state index is 0.858. The maximum Gasteiger partial charge on any atom is 0.118 e. The van der Waals surface area contributed by atoms with Crippen LogP contribution in [0.3, 0.4) is 0 Å². The SMILES string of the molecule is COc1ccc(/C=C/c2ccc(/C=C/c3ccc(N(c4ccc(-c5ccc(N(c6ccc(/C=C/c7ccc(/C=C/c8ccc(OC)cc8)cc7)cc6)c6ccccc6C)cc5)cc4)c4ccccc4C)cc3)cc2)cc1.Cc1ccc(N(c2ccc(/C=C/c3ccc(/C=C/c4ccccc4)cc3)cc2)c2ccc(-c3ccc(N(c4ccc(C)cc4)c4ccc(/C=C/c5ccc(/C=C/c6ccccc6)cc5)cc4)cc3)cc2)cc1. The largest absolute Gasteiger partial charge is 0.497 e. The molecule has 0 bridgehead atoms. The molecule has 0 saturated carbocycles. The van der Waals surface area contributed by atoms with Gasteiger partial charge in [-0.2, -0.15) is 0 Å². The maximum absolute atomic E-state index is 5.29. The van der Waals surface area contributed by atoms with Crippen LogP contribution in [0.25, 0.3) is 119 Å². The number of benzene rings is 20. The van der Waals surface area contributed by atoms with Crippen molar-refractivity contribution in [3.63, 3.8) is 0 Å². The Bertz CT molecular complexity index is 7520. The van der Waals surface area contributed by atoms with E-state index in [-0.39, 0.29) is 0 Å². The van der Waals surface area contributed by atoms with Crippen LogP contribution in [0.5, 0.6) is 11.5 Å². The van der Waals surface area contributed by atoms with Gasteiger partial charge in [-0.15, -0.1) is 0 Å². The molecule has 0 fully saturated rings. The fourth-order valence-electron chi connectivity index (χ4n) is 17.9. The van der Waals surface area contributed by atoms with Gasteiger partial charge in [0, 0.05) is 68.2 Å². The summed E-state index contributed by atoms with van der Waals surface area (Å²) in [4.78, 5) is 9.34. The first-order valence-corrected chi connectivity index (χ1v) is 50.3. The van der Waals surface area contributed by atoms with Crippen molar-refractivity contribution in [1.82, 2.24) is 0 Å². The second-order valence-electron chi connectivity index (χ2n) is 36.8. The lowest BCUT2D eigenvalue weighted by molar-refractivity contribution is 0.414. The molecule has 20 aromatic carbocycles. The number of rotatable bonds is 32. The molecule has 0 amide bonds. The summed E-state index contributed by atoms with van der Waals surface area (Å²) in [5.74, 6) is 1.72. The van der Waals surface area contributed by atoms with Crippen molar-refractivity contribution in [3.05, 3.63) is 609 Å². The number of ether oxygens (including phenoxy) is 2. The molecular weight excluding hydrogens is 1790 g/mol. The van der Waals surface area contributed by atoms with Gasteiger partial charge >= 0.3 is 0 Å². The summed E-state index contributed by atoms with van der Waals surface area (Å²) < 4.78 is 10.6. The summed E-state index contributed by atoms with van der Waals surface area (Å²) in [5, 5.41) is 0.